The molecule has 0 aliphatic carbocycles. The number of hydrogen-bond acceptors (Lipinski definition) is 3. The number of amides is 1. The summed E-state index contributed by atoms with van der Waals surface area (Å²) in [5, 5.41) is 4.30. The average Bonchev–Trinajstić information content (AvgIpc) is 3.24. The first-order valence-electron chi connectivity index (χ1n) is 10.3. The fraction of sp³-hybridized carbons (Fsp3) is 0.231. The maximum atomic E-state index is 13.1. The highest BCUT2D eigenvalue weighted by Gasteiger charge is 2.27. The zero-order valence-electron chi connectivity index (χ0n) is 17.2. The second kappa shape index (κ2) is 9.40. The van der Waals surface area contributed by atoms with Crippen molar-refractivity contribution in [2.24, 2.45) is 5.16 Å². The Labute approximate surface area is 177 Å². The van der Waals surface area contributed by atoms with Gasteiger partial charge in [-0.05, 0) is 23.6 Å². The second-order valence-electron chi connectivity index (χ2n) is 7.76. The number of aryl methyl sites for hydroxylation is 1. The fourth-order valence-corrected chi connectivity index (χ4v) is 3.63. The lowest BCUT2D eigenvalue weighted by molar-refractivity contribution is -0.132. The van der Waals surface area contributed by atoms with Gasteiger partial charge < -0.3 is 9.74 Å². The van der Waals surface area contributed by atoms with Crippen LogP contribution in [0.5, 0.6) is 0 Å². The Morgan fingerprint density at radius 2 is 1.57 bits per heavy atom. The molecule has 0 saturated heterocycles. The van der Waals surface area contributed by atoms with Crippen LogP contribution in [0.25, 0.3) is 0 Å². The largest absolute Gasteiger partial charge is 0.390 e. The van der Waals surface area contributed by atoms with Crippen molar-refractivity contribution in [1.29, 1.82) is 0 Å². The van der Waals surface area contributed by atoms with Gasteiger partial charge in [0.05, 0.1) is 18.7 Å². The normalized spacial score (nSPS) is 15.4. The third kappa shape index (κ3) is 5.15. The number of hydrogen-bond donors (Lipinski definition) is 0. The molecule has 1 amide bonds. The van der Waals surface area contributed by atoms with Gasteiger partial charge in [-0.25, -0.2) is 0 Å². The van der Waals surface area contributed by atoms with E-state index in [9.17, 15) is 4.79 Å². The minimum Gasteiger partial charge on any atom is -0.390 e. The predicted octanol–water partition coefficient (Wildman–Crippen LogP) is 4.76. The SMILES string of the molecule is Cc1ccc(C2=NOC(CN(Cc3ccccc3)C(=O)Cc3ccccc3)C2)cc1. The molecular formula is C26H26N2O2. The lowest BCUT2D eigenvalue weighted by Gasteiger charge is -2.25. The van der Waals surface area contributed by atoms with Gasteiger partial charge in [0.25, 0.3) is 0 Å². The summed E-state index contributed by atoms with van der Waals surface area (Å²) in [5.74, 6) is 0.0949. The number of rotatable bonds is 7. The summed E-state index contributed by atoms with van der Waals surface area (Å²) in [6, 6.07) is 28.3. The number of carbonyl (C=O) groups is 1. The molecule has 152 valence electrons. The van der Waals surface area contributed by atoms with Crippen molar-refractivity contribution in [1.82, 2.24) is 4.90 Å². The molecule has 30 heavy (non-hydrogen) atoms. The van der Waals surface area contributed by atoms with Gasteiger partial charge in [-0.15, -0.1) is 0 Å². The Morgan fingerprint density at radius 1 is 0.933 bits per heavy atom. The molecule has 0 saturated carbocycles. The van der Waals surface area contributed by atoms with Crippen LogP contribution in [0, 0.1) is 6.92 Å². The van der Waals surface area contributed by atoms with Crippen LogP contribution in [-0.2, 0) is 22.6 Å². The van der Waals surface area contributed by atoms with E-state index in [2.05, 4.69) is 36.3 Å². The van der Waals surface area contributed by atoms with Crippen molar-refractivity contribution in [3.8, 4) is 0 Å². The minimum atomic E-state index is -0.135. The lowest BCUT2D eigenvalue weighted by atomic mass is 10.0. The minimum absolute atomic E-state index is 0.0949. The Kier molecular flexibility index (Phi) is 6.23. The third-order valence-corrected chi connectivity index (χ3v) is 5.31. The van der Waals surface area contributed by atoms with Crippen molar-refractivity contribution >= 4 is 11.6 Å². The van der Waals surface area contributed by atoms with Crippen LogP contribution in [0.2, 0.25) is 0 Å². The van der Waals surface area contributed by atoms with Gasteiger partial charge in [-0.2, -0.15) is 0 Å². The van der Waals surface area contributed by atoms with Gasteiger partial charge in [-0.1, -0.05) is 95.6 Å². The van der Waals surface area contributed by atoms with Gasteiger partial charge in [0.15, 0.2) is 6.10 Å². The second-order valence-corrected chi connectivity index (χ2v) is 7.76. The van der Waals surface area contributed by atoms with E-state index in [0.717, 1.165) is 22.4 Å². The smallest absolute Gasteiger partial charge is 0.227 e. The maximum absolute atomic E-state index is 13.1. The van der Waals surface area contributed by atoms with Crippen LogP contribution in [0.1, 0.15) is 28.7 Å². The summed E-state index contributed by atoms with van der Waals surface area (Å²) >= 11 is 0. The molecule has 1 heterocycles. The lowest BCUT2D eigenvalue weighted by Crippen LogP contribution is -2.38. The molecule has 1 aliphatic heterocycles. The summed E-state index contributed by atoms with van der Waals surface area (Å²) in [6.45, 7) is 3.14. The molecule has 0 N–H and O–H groups in total. The topological polar surface area (TPSA) is 41.9 Å². The summed E-state index contributed by atoms with van der Waals surface area (Å²) in [5.41, 5.74) is 5.36. The molecule has 0 spiro atoms. The summed E-state index contributed by atoms with van der Waals surface area (Å²) < 4.78 is 0. The van der Waals surface area contributed by atoms with Gasteiger partial charge >= 0.3 is 0 Å². The number of oxime groups is 1. The molecule has 1 unspecified atom stereocenters. The summed E-state index contributed by atoms with van der Waals surface area (Å²) in [6.07, 6.45) is 0.948. The van der Waals surface area contributed by atoms with Crippen LogP contribution in [0.3, 0.4) is 0 Å². The third-order valence-electron chi connectivity index (χ3n) is 5.31. The molecular weight excluding hydrogens is 372 g/mol. The number of benzene rings is 3. The Balaban J connectivity index is 1.44. The Bertz CT molecular complexity index is 998. The summed E-state index contributed by atoms with van der Waals surface area (Å²) in [4.78, 5) is 20.7. The van der Waals surface area contributed by atoms with Gasteiger partial charge in [0.2, 0.25) is 5.91 Å². The van der Waals surface area contributed by atoms with Gasteiger partial charge in [0, 0.05) is 13.0 Å². The van der Waals surface area contributed by atoms with Crippen molar-refractivity contribution in [3.63, 3.8) is 0 Å². The van der Waals surface area contributed by atoms with Gasteiger partial charge in [0.1, 0.15) is 0 Å². The highest BCUT2D eigenvalue weighted by atomic mass is 16.6. The Hall–Kier alpha value is -3.40. The quantitative estimate of drug-likeness (QED) is 0.576. The molecule has 4 nitrogen and oxygen atoms in total. The molecule has 0 bridgehead atoms. The first-order valence-corrected chi connectivity index (χ1v) is 10.3. The van der Waals surface area contributed by atoms with E-state index in [1.54, 1.807) is 0 Å². The molecule has 3 aromatic rings. The van der Waals surface area contributed by atoms with Crippen LogP contribution in [0.15, 0.2) is 90.1 Å². The Morgan fingerprint density at radius 3 is 2.23 bits per heavy atom. The van der Waals surface area contributed by atoms with Crippen molar-refractivity contribution in [2.45, 2.75) is 32.4 Å². The van der Waals surface area contributed by atoms with E-state index in [1.165, 1.54) is 5.56 Å². The molecule has 4 rings (SSSR count). The molecule has 0 fully saturated rings. The standard InChI is InChI=1S/C26H26N2O2/c1-20-12-14-23(15-13-20)25-17-24(30-27-25)19-28(18-22-10-6-3-7-11-22)26(29)16-21-8-4-2-5-9-21/h2-15,24H,16-19H2,1H3. The highest BCUT2D eigenvalue weighted by molar-refractivity contribution is 6.01. The average molecular weight is 399 g/mol. The van der Waals surface area contributed by atoms with Crippen molar-refractivity contribution in [3.05, 3.63) is 107 Å². The molecule has 1 atom stereocenters. The van der Waals surface area contributed by atoms with E-state index < -0.39 is 0 Å². The number of carbonyl (C=O) groups excluding carboxylic acids is 1. The van der Waals surface area contributed by atoms with Crippen LogP contribution in [0.4, 0.5) is 0 Å². The van der Waals surface area contributed by atoms with Crippen LogP contribution >= 0.6 is 0 Å². The zero-order chi connectivity index (χ0) is 20.8. The van der Waals surface area contributed by atoms with E-state index in [0.29, 0.717) is 25.9 Å². The summed E-state index contributed by atoms with van der Waals surface area (Å²) in [7, 11) is 0. The molecule has 4 heteroatoms. The first-order chi connectivity index (χ1) is 14.7. The van der Waals surface area contributed by atoms with E-state index >= 15 is 0 Å². The fourth-order valence-electron chi connectivity index (χ4n) is 3.63. The van der Waals surface area contributed by atoms with Crippen LogP contribution in [-0.4, -0.2) is 29.2 Å². The van der Waals surface area contributed by atoms with Gasteiger partial charge in [-0.3, -0.25) is 4.79 Å². The highest BCUT2D eigenvalue weighted by Crippen LogP contribution is 2.20. The van der Waals surface area contributed by atoms with E-state index in [-0.39, 0.29) is 12.0 Å². The molecule has 0 radical (unpaired) electrons. The van der Waals surface area contributed by atoms with Crippen LogP contribution < -0.4 is 0 Å². The molecule has 3 aromatic carbocycles. The monoisotopic (exact) mass is 398 g/mol. The van der Waals surface area contributed by atoms with Crippen molar-refractivity contribution < 1.29 is 9.63 Å². The van der Waals surface area contributed by atoms with E-state index in [4.69, 9.17) is 4.84 Å². The van der Waals surface area contributed by atoms with Crippen molar-refractivity contribution in [2.75, 3.05) is 6.54 Å². The molecule has 1 aliphatic rings. The predicted molar refractivity (Wildman–Crippen MR) is 119 cm³/mol. The first kappa shape index (κ1) is 19.9. The zero-order valence-corrected chi connectivity index (χ0v) is 17.2. The number of nitrogens with zero attached hydrogens (tertiary/aromatic N) is 2. The maximum Gasteiger partial charge on any atom is 0.227 e. The molecule has 0 aromatic heterocycles. The van der Waals surface area contributed by atoms with E-state index in [1.807, 2.05) is 65.6 Å².